The van der Waals surface area contributed by atoms with E-state index in [4.69, 9.17) is 21.1 Å². The van der Waals surface area contributed by atoms with Gasteiger partial charge in [-0.15, -0.1) is 0 Å². The zero-order valence-electron chi connectivity index (χ0n) is 13.7. The maximum atomic E-state index is 13.7. The first kappa shape index (κ1) is 17.5. The van der Waals surface area contributed by atoms with Crippen LogP contribution in [0.4, 0.5) is 4.39 Å². The van der Waals surface area contributed by atoms with Crippen molar-refractivity contribution in [3.63, 3.8) is 0 Å². The average molecular weight is 365 g/mol. The van der Waals surface area contributed by atoms with Crippen molar-refractivity contribution in [1.29, 1.82) is 0 Å². The summed E-state index contributed by atoms with van der Waals surface area (Å²) in [5.41, 5.74) is 0.804. The van der Waals surface area contributed by atoms with Crippen LogP contribution in [0.2, 0.25) is 5.02 Å². The highest BCUT2D eigenvalue weighted by atomic mass is 35.5. The number of rotatable bonds is 6. The standard InChI is InChI=1S/C18H18ClFN2O3/c1-24-15-6-5-11(9-14(15)20)10-22-17(23)16-13(19)7-8-21-18(16)25-12-3-2-4-12/h5-9,12H,2-4,10H2,1H3,(H,22,23). The molecular formula is C18H18ClFN2O3. The first-order chi connectivity index (χ1) is 12.1. The Morgan fingerprint density at radius 2 is 2.20 bits per heavy atom. The second-order valence-electron chi connectivity index (χ2n) is 5.80. The molecule has 3 rings (SSSR count). The van der Waals surface area contributed by atoms with Gasteiger partial charge in [0.05, 0.1) is 12.1 Å². The summed E-state index contributed by atoms with van der Waals surface area (Å²) in [6, 6.07) is 6.05. The molecular weight excluding hydrogens is 347 g/mol. The van der Waals surface area contributed by atoms with Gasteiger partial charge in [0.25, 0.3) is 5.91 Å². The van der Waals surface area contributed by atoms with Crippen molar-refractivity contribution in [1.82, 2.24) is 10.3 Å². The monoisotopic (exact) mass is 364 g/mol. The Morgan fingerprint density at radius 3 is 2.84 bits per heavy atom. The van der Waals surface area contributed by atoms with Crippen molar-refractivity contribution < 1.29 is 18.7 Å². The van der Waals surface area contributed by atoms with E-state index in [1.165, 1.54) is 31.5 Å². The van der Waals surface area contributed by atoms with Gasteiger partial charge in [-0.2, -0.15) is 0 Å². The maximum absolute atomic E-state index is 13.7. The fraction of sp³-hybridized carbons (Fsp3) is 0.333. The van der Waals surface area contributed by atoms with Crippen LogP contribution < -0.4 is 14.8 Å². The number of carbonyl (C=O) groups excluding carboxylic acids is 1. The summed E-state index contributed by atoms with van der Waals surface area (Å²) in [5, 5.41) is 2.99. The van der Waals surface area contributed by atoms with Gasteiger partial charge in [-0.25, -0.2) is 9.37 Å². The predicted molar refractivity (Wildman–Crippen MR) is 91.6 cm³/mol. The average Bonchev–Trinajstić information content (AvgIpc) is 2.56. The van der Waals surface area contributed by atoms with E-state index in [0.29, 0.717) is 5.56 Å². The molecule has 7 heteroatoms. The molecule has 1 saturated carbocycles. The summed E-state index contributed by atoms with van der Waals surface area (Å²) in [5.74, 6) is -0.511. The van der Waals surface area contributed by atoms with E-state index >= 15 is 0 Å². The minimum atomic E-state index is -0.484. The number of benzene rings is 1. The molecule has 0 saturated heterocycles. The van der Waals surface area contributed by atoms with Crippen LogP contribution in [-0.4, -0.2) is 24.1 Å². The lowest BCUT2D eigenvalue weighted by molar-refractivity contribution is 0.0917. The number of hydrogen-bond donors (Lipinski definition) is 1. The van der Waals surface area contributed by atoms with Crippen LogP contribution in [0.1, 0.15) is 35.2 Å². The topological polar surface area (TPSA) is 60.5 Å². The molecule has 0 bridgehead atoms. The normalized spacial score (nSPS) is 13.9. The summed E-state index contributed by atoms with van der Waals surface area (Å²) in [6.07, 6.45) is 4.58. The molecule has 1 heterocycles. The molecule has 1 fully saturated rings. The van der Waals surface area contributed by atoms with Crippen LogP contribution in [0.3, 0.4) is 0 Å². The number of aromatic nitrogens is 1. The predicted octanol–water partition coefficient (Wildman–Crippen LogP) is 3.74. The van der Waals surface area contributed by atoms with Crippen molar-refractivity contribution in [2.45, 2.75) is 31.9 Å². The lowest BCUT2D eigenvalue weighted by atomic mass is 9.96. The lowest BCUT2D eigenvalue weighted by Crippen LogP contribution is -2.28. The van der Waals surface area contributed by atoms with Crippen LogP contribution >= 0.6 is 11.6 Å². The molecule has 0 unspecified atom stereocenters. The number of pyridine rings is 1. The van der Waals surface area contributed by atoms with E-state index in [9.17, 15) is 9.18 Å². The van der Waals surface area contributed by atoms with E-state index in [1.807, 2.05) is 0 Å². The van der Waals surface area contributed by atoms with Crippen LogP contribution in [-0.2, 0) is 6.54 Å². The van der Waals surface area contributed by atoms with E-state index in [-0.39, 0.29) is 34.9 Å². The fourth-order valence-electron chi connectivity index (χ4n) is 2.45. The van der Waals surface area contributed by atoms with Gasteiger partial charge in [0.1, 0.15) is 11.7 Å². The molecule has 1 aliphatic rings. The van der Waals surface area contributed by atoms with Crippen LogP contribution in [0, 0.1) is 5.82 Å². The Kier molecular flexibility index (Phi) is 5.38. The number of halogens is 2. The molecule has 25 heavy (non-hydrogen) atoms. The van der Waals surface area contributed by atoms with Gasteiger partial charge in [0.2, 0.25) is 5.88 Å². The molecule has 1 aromatic carbocycles. The molecule has 0 aliphatic heterocycles. The first-order valence-corrected chi connectivity index (χ1v) is 8.38. The number of methoxy groups -OCH3 is 1. The van der Waals surface area contributed by atoms with Gasteiger partial charge in [-0.1, -0.05) is 17.7 Å². The molecule has 0 atom stereocenters. The molecule has 1 N–H and O–H groups in total. The number of hydrogen-bond acceptors (Lipinski definition) is 4. The molecule has 1 aliphatic carbocycles. The van der Waals surface area contributed by atoms with Gasteiger partial charge < -0.3 is 14.8 Å². The smallest absolute Gasteiger partial charge is 0.258 e. The van der Waals surface area contributed by atoms with Gasteiger partial charge in [0, 0.05) is 12.7 Å². The van der Waals surface area contributed by atoms with Crippen molar-refractivity contribution >= 4 is 17.5 Å². The van der Waals surface area contributed by atoms with Gasteiger partial charge >= 0.3 is 0 Å². The molecule has 1 amide bonds. The minimum absolute atomic E-state index is 0.0770. The highest BCUT2D eigenvalue weighted by Crippen LogP contribution is 2.29. The van der Waals surface area contributed by atoms with Gasteiger partial charge in [-0.3, -0.25) is 4.79 Å². The van der Waals surface area contributed by atoms with Crippen molar-refractivity contribution in [3.8, 4) is 11.6 Å². The third-order valence-corrected chi connectivity index (χ3v) is 4.41. The number of nitrogens with zero attached hydrogens (tertiary/aromatic N) is 1. The molecule has 0 spiro atoms. The quantitative estimate of drug-likeness (QED) is 0.848. The Hall–Kier alpha value is -2.34. The van der Waals surface area contributed by atoms with Crippen LogP contribution in [0.25, 0.3) is 0 Å². The van der Waals surface area contributed by atoms with Gasteiger partial charge in [0.15, 0.2) is 11.6 Å². The summed E-state index contributed by atoms with van der Waals surface area (Å²) in [7, 11) is 1.40. The van der Waals surface area contributed by atoms with Crippen molar-refractivity contribution in [3.05, 3.63) is 52.4 Å². The van der Waals surface area contributed by atoms with Gasteiger partial charge in [-0.05, 0) is 43.0 Å². The summed E-state index contributed by atoms with van der Waals surface area (Å²) < 4.78 is 24.4. The second-order valence-corrected chi connectivity index (χ2v) is 6.20. The summed E-state index contributed by atoms with van der Waals surface area (Å²) in [6.45, 7) is 0.147. The molecule has 132 valence electrons. The molecule has 2 aromatic rings. The van der Waals surface area contributed by atoms with Crippen molar-refractivity contribution in [2.75, 3.05) is 7.11 Å². The SMILES string of the molecule is COc1ccc(CNC(=O)c2c(Cl)ccnc2OC2CCC2)cc1F. The zero-order valence-corrected chi connectivity index (χ0v) is 14.5. The lowest BCUT2D eigenvalue weighted by Gasteiger charge is -2.26. The number of ether oxygens (including phenoxy) is 2. The Morgan fingerprint density at radius 1 is 1.40 bits per heavy atom. The number of amides is 1. The minimum Gasteiger partial charge on any atom is -0.494 e. The second kappa shape index (κ2) is 7.70. The summed E-state index contributed by atoms with van der Waals surface area (Å²) in [4.78, 5) is 16.7. The Balaban J connectivity index is 1.71. The molecule has 0 radical (unpaired) electrons. The van der Waals surface area contributed by atoms with E-state index in [2.05, 4.69) is 10.3 Å². The zero-order chi connectivity index (χ0) is 17.8. The molecule has 5 nitrogen and oxygen atoms in total. The highest BCUT2D eigenvalue weighted by Gasteiger charge is 2.24. The molecule has 1 aromatic heterocycles. The Bertz CT molecular complexity index is 781. The Labute approximate surface area is 150 Å². The van der Waals surface area contributed by atoms with Crippen LogP contribution in [0.5, 0.6) is 11.6 Å². The van der Waals surface area contributed by atoms with E-state index in [1.54, 1.807) is 6.07 Å². The summed E-state index contributed by atoms with van der Waals surface area (Å²) >= 11 is 6.16. The third-order valence-electron chi connectivity index (χ3n) is 4.09. The first-order valence-electron chi connectivity index (χ1n) is 8.00. The fourth-order valence-corrected chi connectivity index (χ4v) is 2.68. The largest absolute Gasteiger partial charge is 0.494 e. The van der Waals surface area contributed by atoms with Crippen molar-refractivity contribution in [2.24, 2.45) is 0 Å². The highest BCUT2D eigenvalue weighted by molar-refractivity contribution is 6.34. The third kappa shape index (κ3) is 4.02. The number of carbonyl (C=O) groups is 1. The number of nitrogens with one attached hydrogen (secondary N) is 1. The maximum Gasteiger partial charge on any atom is 0.258 e. The van der Waals surface area contributed by atoms with E-state index < -0.39 is 11.7 Å². The van der Waals surface area contributed by atoms with E-state index in [0.717, 1.165) is 19.3 Å². The van der Waals surface area contributed by atoms with Crippen LogP contribution in [0.15, 0.2) is 30.5 Å².